The molecule has 0 bridgehead atoms. The van der Waals surface area contributed by atoms with E-state index in [-0.39, 0.29) is 18.0 Å². The predicted octanol–water partition coefficient (Wildman–Crippen LogP) is -2.09. The van der Waals surface area contributed by atoms with Crippen LogP contribution in [0.25, 0.3) is 0 Å². The summed E-state index contributed by atoms with van der Waals surface area (Å²) in [6.07, 6.45) is 5.53. The van der Waals surface area contributed by atoms with E-state index < -0.39 is 8.80 Å². The molecule has 0 unspecified atom stereocenters. The molecule has 0 aromatic rings. The Kier molecular flexibility index (Phi) is 6.97. The summed E-state index contributed by atoms with van der Waals surface area (Å²) in [5, 5.41) is 6.16. The van der Waals surface area contributed by atoms with E-state index >= 15 is 0 Å². The Morgan fingerprint density at radius 1 is 1.39 bits per heavy atom. The highest BCUT2D eigenvalue weighted by Gasteiger charge is 2.27. The third kappa shape index (κ3) is 6.96. The molecule has 0 aromatic heterocycles. The average Bonchev–Trinajstić information content (AvgIpc) is 3.13. The first-order valence-corrected chi connectivity index (χ1v) is 10.5. The van der Waals surface area contributed by atoms with Crippen molar-refractivity contribution in [3.63, 3.8) is 0 Å². The first kappa shape index (κ1) is 18.3. The molecule has 23 heavy (non-hydrogen) atoms. The van der Waals surface area contributed by atoms with Crippen molar-refractivity contribution < 1.29 is 23.8 Å². The minimum Gasteiger partial charge on any atom is -0.390 e. The van der Waals surface area contributed by atoms with Crippen molar-refractivity contribution in [2.24, 2.45) is 0 Å². The molecule has 0 aliphatic carbocycles. The van der Waals surface area contributed by atoms with E-state index in [9.17, 15) is 4.79 Å². The lowest BCUT2D eigenvalue weighted by Gasteiger charge is -2.10. The fourth-order valence-corrected chi connectivity index (χ4v) is 3.62. The van der Waals surface area contributed by atoms with Crippen LogP contribution < -0.4 is 10.6 Å². The Bertz CT molecular complexity index is 421. The monoisotopic (exact) mass is 345 g/mol. The first-order chi connectivity index (χ1) is 10.9. The van der Waals surface area contributed by atoms with Gasteiger partial charge in [-0.15, -0.1) is 0 Å². The third-order valence-electron chi connectivity index (χ3n) is 4.26. The molecule has 0 saturated carbocycles. The quantitative estimate of drug-likeness (QED) is 0.186. The van der Waals surface area contributed by atoms with Crippen LogP contribution in [0.5, 0.6) is 0 Å². The number of nitrogens with zero attached hydrogens (tertiary/aromatic N) is 2. The highest BCUT2D eigenvalue weighted by Crippen LogP contribution is 2.05. The van der Waals surface area contributed by atoms with Crippen molar-refractivity contribution in [3.05, 3.63) is 0 Å². The molecule has 0 aromatic carbocycles. The molecule has 0 radical (unpaired) electrons. The van der Waals surface area contributed by atoms with Gasteiger partial charge in [0.05, 0.1) is 19.1 Å². The van der Waals surface area contributed by atoms with Crippen LogP contribution in [0.2, 0.25) is 6.04 Å². The Labute approximate surface area is 138 Å². The second-order valence-corrected chi connectivity index (χ2v) is 8.41. The lowest BCUT2D eigenvalue weighted by atomic mass is 10.2. The number of carbonyl (C=O) groups is 1. The smallest absolute Gasteiger partial charge is 0.390 e. The van der Waals surface area contributed by atoms with Crippen molar-refractivity contribution in [3.8, 4) is 0 Å². The highest BCUT2D eigenvalue weighted by atomic mass is 28.4. The average molecular weight is 345 g/mol. The van der Waals surface area contributed by atoms with Gasteiger partial charge in [-0.05, 0) is 25.8 Å². The van der Waals surface area contributed by atoms with Crippen LogP contribution in [-0.4, -0.2) is 90.2 Å². The molecule has 8 nitrogen and oxygen atoms in total. The van der Waals surface area contributed by atoms with E-state index in [2.05, 4.69) is 26.4 Å². The fraction of sp³-hybridized carbons (Fsp3) is 0.857. The molecule has 1 fully saturated rings. The highest BCUT2D eigenvalue weighted by molar-refractivity contribution is 6.56. The van der Waals surface area contributed by atoms with Crippen molar-refractivity contribution in [1.82, 2.24) is 15.5 Å². The van der Waals surface area contributed by atoms with E-state index in [4.69, 9.17) is 14.4 Å². The summed E-state index contributed by atoms with van der Waals surface area (Å²) >= 11 is 0. The second-order valence-electron chi connectivity index (χ2n) is 6.36. The molecule has 2 rings (SSSR count). The Morgan fingerprint density at radius 2 is 2.22 bits per heavy atom. The summed E-state index contributed by atoms with van der Waals surface area (Å²) in [5.41, 5.74) is 0. The maximum atomic E-state index is 11.8. The van der Waals surface area contributed by atoms with Gasteiger partial charge in [0.15, 0.2) is 0 Å². The molecule has 1 amide bonds. The van der Waals surface area contributed by atoms with Gasteiger partial charge in [0.2, 0.25) is 12.2 Å². The van der Waals surface area contributed by atoms with Crippen LogP contribution in [-0.2, 0) is 4.79 Å². The third-order valence-corrected chi connectivity index (χ3v) is 5.28. The Balaban J connectivity index is 1.55. The SMILES string of the molecule is O=C(NCCC[N+]1=CN(CCC[Si](O)(O)O)CC1)[C@@H]1CCCN1. The Morgan fingerprint density at radius 3 is 2.91 bits per heavy atom. The zero-order chi connectivity index (χ0) is 16.7. The van der Waals surface area contributed by atoms with Crippen LogP contribution in [0.1, 0.15) is 25.7 Å². The molecule has 1 atom stereocenters. The van der Waals surface area contributed by atoms with Gasteiger partial charge in [-0.1, -0.05) is 0 Å². The summed E-state index contributed by atoms with van der Waals surface area (Å²) in [4.78, 5) is 40.9. The molecule has 9 heteroatoms. The summed E-state index contributed by atoms with van der Waals surface area (Å²) < 4.78 is 2.21. The van der Waals surface area contributed by atoms with E-state index in [1.165, 1.54) is 0 Å². The number of nitrogens with one attached hydrogen (secondary N) is 2. The maximum absolute atomic E-state index is 11.8. The largest absolute Gasteiger partial charge is 0.492 e. The zero-order valence-corrected chi connectivity index (χ0v) is 14.6. The van der Waals surface area contributed by atoms with Gasteiger partial charge in [-0.2, -0.15) is 0 Å². The number of rotatable bonds is 9. The lowest BCUT2D eigenvalue weighted by molar-refractivity contribution is -0.514. The topological polar surface area (TPSA) is 108 Å². The normalized spacial score (nSPS) is 21.6. The van der Waals surface area contributed by atoms with E-state index in [0.717, 1.165) is 52.0 Å². The second kappa shape index (κ2) is 8.74. The van der Waals surface area contributed by atoms with Gasteiger partial charge in [-0.25, -0.2) is 0 Å². The maximum Gasteiger partial charge on any atom is 0.492 e. The molecule has 5 N–H and O–H groups in total. The van der Waals surface area contributed by atoms with Crippen molar-refractivity contribution in [2.45, 2.75) is 37.8 Å². The van der Waals surface area contributed by atoms with Gasteiger partial charge in [0.1, 0.15) is 13.1 Å². The van der Waals surface area contributed by atoms with Crippen molar-refractivity contribution in [2.75, 3.05) is 39.3 Å². The van der Waals surface area contributed by atoms with E-state index in [0.29, 0.717) is 13.0 Å². The van der Waals surface area contributed by atoms with E-state index in [1.807, 2.05) is 0 Å². The summed E-state index contributed by atoms with van der Waals surface area (Å²) in [6, 6.07) is 0.0718. The fourth-order valence-electron chi connectivity index (χ4n) is 2.99. The van der Waals surface area contributed by atoms with Gasteiger partial charge in [0, 0.05) is 19.0 Å². The molecule has 1 saturated heterocycles. The summed E-state index contributed by atoms with van der Waals surface area (Å²) in [7, 11) is -3.89. The molecule has 2 heterocycles. The number of hydrogen-bond donors (Lipinski definition) is 5. The van der Waals surface area contributed by atoms with E-state index in [1.54, 1.807) is 0 Å². The van der Waals surface area contributed by atoms with Gasteiger partial charge in [-0.3, -0.25) is 14.3 Å². The first-order valence-electron chi connectivity index (χ1n) is 8.45. The van der Waals surface area contributed by atoms with Crippen molar-refractivity contribution in [1.29, 1.82) is 0 Å². The zero-order valence-electron chi connectivity index (χ0n) is 13.6. The number of amides is 1. The molecule has 2 aliphatic rings. The Hall–Kier alpha value is -1.00. The number of carbonyl (C=O) groups excluding carboxylic acids is 1. The van der Waals surface area contributed by atoms with Crippen LogP contribution in [0, 0.1) is 0 Å². The minimum atomic E-state index is -3.89. The molecular weight excluding hydrogens is 316 g/mol. The van der Waals surface area contributed by atoms with Crippen molar-refractivity contribution >= 4 is 21.1 Å². The van der Waals surface area contributed by atoms with Gasteiger partial charge in [0.25, 0.3) is 0 Å². The van der Waals surface area contributed by atoms with Crippen LogP contribution in [0.15, 0.2) is 0 Å². The van der Waals surface area contributed by atoms with Crippen LogP contribution in [0.4, 0.5) is 0 Å². The van der Waals surface area contributed by atoms with Gasteiger partial charge < -0.3 is 25.0 Å². The summed E-state index contributed by atoms with van der Waals surface area (Å²) in [6.45, 7) is 5.09. The number of hydrogen-bond acceptors (Lipinski definition) is 6. The van der Waals surface area contributed by atoms with Gasteiger partial charge >= 0.3 is 8.80 Å². The lowest BCUT2D eigenvalue weighted by Crippen LogP contribution is -2.41. The molecule has 132 valence electrons. The van der Waals surface area contributed by atoms with Crippen LogP contribution in [0.3, 0.4) is 0 Å². The van der Waals surface area contributed by atoms with Crippen LogP contribution >= 0.6 is 0 Å². The molecule has 0 spiro atoms. The molecular formula is C14H29N4O4Si+. The standard InChI is InChI=1S/C14H28N4O4Si/c19-14(13-4-1-5-15-13)16-6-2-7-17-9-10-18(12-17)8-3-11-23(20,21)22/h12-13,15,20-22H,1-11H2/p+1/t13-/m0/s1. The minimum absolute atomic E-state index is 0.0101. The summed E-state index contributed by atoms with van der Waals surface area (Å²) in [5.74, 6) is 0.110. The predicted molar refractivity (Wildman–Crippen MR) is 88.1 cm³/mol. The molecule has 2 aliphatic heterocycles.